The first-order valence-corrected chi connectivity index (χ1v) is 4.36. The van der Waals surface area contributed by atoms with Gasteiger partial charge in [-0.3, -0.25) is 0 Å². The summed E-state index contributed by atoms with van der Waals surface area (Å²) in [7, 11) is 2.07. The van der Waals surface area contributed by atoms with Crippen LogP contribution in [0.15, 0.2) is 12.4 Å². The van der Waals surface area contributed by atoms with Crippen molar-refractivity contribution in [2.24, 2.45) is 0 Å². The molecule has 0 aromatic rings. The molecule has 11 heavy (non-hydrogen) atoms. The molecule has 1 N–H and O–H groups in total. The zero-order valence-corrected chi connectivity index (χ0v) is 7.98. The highest BCUT2D eigenvalue weighted by atomic mass is 15.2. The number of unbranched alkanes of at least 4 members (excludes halogenated alkanes) is 1. The van der Waals surface area contributed by atoms with Gasteiger partial charge < -0.3 is 10.2 Å². The second kappa shape index (κ2) is 6.08. The van der Waals surface area contributed by atoms with Crippen molar-refractivity contribution in [3.05, 3.63) is 12.4 Å². The quantitative estimate of drug-likeness (QED) is 0.631. The summed E-state index contributed by atoms with van der Waals surface area (Å²) in [6.45, 7) is 10.2. The van der Waals surface area contributed by atoms with Crippen molar-refractivity contribution < 1.29 is 0 Å². The molecule has 0 saturated heterocycles. The van der Waals surface area contributed by atoms with E-state index in [0.29, 0.717) is 0 Å². The van der Waals surface area contributed by atoms with Gasteiger partial charge in [-0.25, -0.2) is 0 Å². The Hall–Kier alpha value is -0.660. The fourth-order valence-electron chi connectivity index (χ4n) is 0.869. The van der Waals surface area contributed by atoms with Crippen LogP contribution in [0.2, 0.25) is 0 Å². The van der Waals surface area contributed by atoms with Gasteiger partial charge in [-0.15, -0.1) is 0 Å². The molecule has 0 unspecified atom stereocenters. The van der Waals surface area contributed by atoms with E-state index in [1.54, 1.807) is 0 Å². The molecular formula is C9H20N2. The largest absolute Gasteiger partial charge is 0.373 e. The predicted molar refractivity (Wildman–Crippen MR) is 50.4 cm³/mol. The van der Waals surface area contributed by atoms with Gasteiger partial charge in [0.15, 0.2) is 0 Å². The van der Waals surface area contributed by atoms with E-state index in [4.69, 9.17) is 0 Å². The molecule has 0 fully saturated rings. The van der Waals surface area contributed by atoms with Crippen molar-refractivity contribution in [1.29, 1.82) is 0 Å². The first kappa shape index (κ1) is 10.3. The molecular weight excluding hydrogens is 136 g/mol. The molecule has 0 bridgehead atoms. The maximum atomic E-state index is 3.91. The van der Waals surface area contributed by atoms with Crippen LogP contribution in [0, 0.1) is 0 Å². The lowest BCUT2D eigenvalue weighted by atomic mass is 10.3. The molecule has 2 nitrogen and oxygen atoms in total. The summed E-state index contributed by atoms with van der Waals surface area (Å²) in [5.41, 5.74) is 0. The van der Waals surface area contributed by atoms with Gasteiger partial charge in [-0.1, -0.05) is 19.9 Å². The van der Waals surface area contributed by atoms with Crippen LogP contribution in [0.4, 0.5) is 0 Å². The number of nitrogens with zero attached hydrogens (tertiary/aromatic N) is 1. The lowest BCUT2D eigenvalue weighted by Gasteiger charge is -2.21. The minimum absolute atomic E-state index is 0.954. The van der Waals surface area contributed by atoms with Crippen molar-refractivity contribution in [2.45, 2.75) is 26.7 Å². The second-order valence-corrected chi connectivity index (χ2v) is 2.75. The number of hydrogen-bond acceptors (Lipinski definition) is 2. The Morgan fingerprint density at radius 1 is 1.45 bits per heavy atom. The molecule has 0 atom stereocenters. The Kier molecular flexibility index (Phi) is 5.71. The molecule has 66 valence electrons. The van der Waals surface area contributed by atoms with Crippen molar-refractivity contribution >= 4 is 0 Å². The molecule has 0 aliphatic carbocycles. The SMILES string of the molecule is C=C(NCC)N(C)CCCC. The summed E-state index contributed by atoms with van der Waals surface area (Å²) in [5.74, 6) is 1.03. The minimum Gasteiger partial charge on any atom is -0.373 e. The van der Waals surface area contributed by atoms with Crippen LogP contribution in [0.3, 0.4) is 0 Å². The van der Waals surface area contributed by atoms with E-state index >= 15 is 0 Å². The minimum atomic E-state index is 0.954. The van der Waals surface area contributed by atoms with E-state index in [9.17, 15) is 0 Å². The van der Waals surface area contributed by atoms with E-state index in [1.807, 2.05) is 0 Å². The van der Waals surface area contributed by atoms with Gasteiger partial charge in [-0.05, 0) is 13.3 Å². The van der Waals surface area contributed by atoms with E-state index in [1.165, 1.54) is 12.8 Å². The topological polar surface area (TPSA) is 15.3 Å². The first-order valence-electron chi connectivity index (χ1n) is 4.36. The first-order chi connectivity index (χ1) is 5.22. The average molecular weight is 156 g/mol. The summed E-state index contributed by atoms with van der Waals surface area (Å²) in [5, 5.41) is 3.19. The molecule has 0 aliphatic heterocycles. The molecule has 0 saturated carbocycles. The molecule has 2 heteroatoms. The summed E-state index contributed by atoms with van der Waals surface area (Å²) in [6.07, 6.45) is 2.48. The highest BCUT2D eigenvalue weighted by molar-refractivity contribution is 4.88. The van der Waals surface area contributed by atoms with Gasteiger partial charge in [0.25, 0.3) is 0 Å². The highest BCUT2D eigenvalue weighted by Gasteiger charge is 1.97. The Morgan fingerprint density at radius 3 is 2.55 bits per heavy atom. The second-order valence-electron chi connectivity index (χ2n) is 2.75. The van der Waals surface area contributed by atoms with Crippen molar-refractivity contribution in [3.8, 4) is 0 Å². The Morgan fingerprint density at radius 2 is 2.09 bits per heavy atom. The van der Waals surface area contributed by atoms with Crippen LogP contribution in [0.1, 0.15) is 26.7 Å². The van der Waals surface area contributed by atoms with Crippen LogP contribution >= 0.6 is 0 Å². The Balaban J connectivity index is 3.46. The van der Waals surface area contributed by atoms with Crippen LogP contribution in [0.25, 0.3) is 0 Å². The predicted octanol–water partition coefficient (Wildman–Crippen LogP) is 1.80. The van der Waals surface area contributed by atoms with Crippen LogP contribution in [0.5, 0.6) is 0 Å². The summed E-state index contributed by atoms with van der Waals surface area (Å²) in [6, 6.07) is 0. The van der Waals surface area contributed by atoms with Crippen LogP contribution in [-0.4, -0.2) is 25.0 Å². The lowest BCUT2D eigenvalue weighted by Crippen LogP contribution is -2.28. The third-order valence-electron chi connectivity index (χ3n) is 1.69. The van der Waals surface area contributed by atoms with Gasteiger partial charge in [0.05, 0.1) is 5.82 Å². The van der Waals surface area contributed by atoms with Gasteiger partial charge in [-0.2, -0.15) is 0 Å². The Bertz CT molecular complexity index is 110. The molecule has 0 amide bonds. The van der Waals surface area contributed by atoms with Gasteiger partial charge in [0.2, 0.25) is 0 Å². The normalized spacial score (nSPS) is 9.36. The van der Waals surface area contributed by atoms with E-state index in [-0.39, 0.29) is 0 Å². The zero-order valence-electron chi connectivity index (χ0n) is 7.98. The van der Waals surface area contributed by atoms with E-state index in [0.717, 1.165) is 18.9 Å². The van der Waals surface area contributed by atoms with Crippen molar-refractivity contribution in [1.82, 2.24) is 10.2 Å². The highest BCUT2D eigenvalue weighted by Crippen LogP contribution is 1.96. The molecule has 0 aromatic heterocycles. The van der Waals surface area contributed by atoms with E-state index < -0.39 is 0 Å². The summed E-state index contributed by atoms with van der Waals surface area (Å²) < 4.78 is 0. The standard InChI is InChI=1S/C9H20N2/c1-5-7-8-11(4)9(3)10-6-2/h10H,3,5-8H2,1-2,4H3. The third kappa shape index (κ3) is 4.71. The van der Waals surface area contributed by atoms with Gasteiger partial charge in [0, 0.05) is 20.1 Å². The molecule has 0 rings (SSSR count). The average Bonchev–Trinajstić information content (AvgIpc) is 2.00. The van der Waals surface area contributed by atoms with Crippen LogP contribution < -0.4 is 5.32 Å². The number of nitrogens with one attached hydrogen (secondary N) is 1. The van der Waals surface area contributed by atoms with E-state index in [2.05, 4.69) is 37.7 Å². The number of rotatable bonds is 6. The molecule has 0 aromatic carbocycles. The number of hydrogen-bond donors (Lipinski definition) is 1. The zero-order chi connectivity index (χ0) is 8.69. The fraction of sp³-hybridized carbons (Fsp3) is 0.778. The molecule has 0 heterocycles. The Labute approximate surface area is 70.3 Å². The van der Waals surface area contributed by atoms with Gasteiger partial charge >= 0.3 is 0 Å². The smallest absolute Gasteiger partial charge is 0.0936 e. The maximum absolute atomic E-state index is 3.91. The summed E-state index contributed by atoms with van der Waals surface area (Å²) >= 11 is 0. The van der Waals surface area contributed by atoms with Crippen molar-refractivity contribution in [3.63, 3.8) is 0 Å². The fourth-order valence-corrected chi connectivity index (χ4v) is 0.869. The monoisotopic (exact) mass is 156 g/mol. The van der Waals surface area contributed by atoms with Crippen LogP contribution in [-0.2, 0) is 0 Å². The third-order valence-corrected chi connectivity index (χ3v) is 1.69. The molecule has 0 radical (unpaired) electrons. The van der Waals surface area contributed by atoms with Crippen molar-refractivity contribution in [2.75, 3.05) is 20.1 Å². The van der Waals surface area contributed by atoms with Gasteiger partial charge in [0.1, 0.15) is 0 Å². The molecule has 0 spiro atoms. The molecule has 0 aliphatic rings. The lowest BCUT2D eigenvalue weighted by molar-refractivity contribution is 0.379. The summed E-state index contributed by atoms with van der Waals surface area (Å²) in [4.78, 5) is 2.16. The maximum Gasteiger partial charge on any atom is 0.0936 e.